The highest BCUT2D eigenvalue weighted by molar-refractivity contribution is 6.04. The molecular formula is C34H49N7O10. The molecule has 1 heterocycles. The molecule has 1 aliphatic rings. The molecule has 0 bridgehead atoms. The van der Waals surface area contributed by atoms with Gasteiger partial charge in [-0.25, -0.2) is 0 Å². The maximum Gasteiger partial charge on any atom is 0.243 e. The lowest BCUT2D eigenvalue weighted by Gasteiger charge is -2.19. The molecule has 1 unspecified atom stereocenters. The van der Waals surface area contributed by atoms with Gasteiger partial charge in [0.15, 0.2) is 5.78 Å². The van der Waals surface area contributed by atoms with Gasteiger partial charge in [0, 0.05) is 50.6 Å². The second-order valence-electron chi connectivity index (χ2n) is 12.6. The molecule has 1 fully saturated rings. The number of carbonyl (C=O) groups is 9. The van der Waals surface area contributed by atoms with Gasteiger partial charge < -0.3 is 36.6 Å². The molecule has 1 aliphatic heterocycles. The molecule has 0 aromatic heterocycles. The van der Waals surface area contributed by atoms with Crippen molar-refractivity contribution in [1.29, 1.82) is 0 Å². The molecule has 280 valence electrons. The number of hydrogen-bond donors (Lipinski definition) is 6. The first-order valence-corrected chi connectivity index (χ1v) is 16.8. The summed E-state index contributed by atoms with van der Waals surface area (Å²) in [6.45, 7) is 5.34. The van der Waals surface area contributed by atoms with E-state index in [1.165, 1.54) is 0 Å². The van der Waals surface area contributed by atoms with Crippen LogP contribution in [-0.4, -0.2) is 110 Å². The molecule has 0 saturated carbocycles. The van der Waals surface area contributed by atoms with Crippen LogP contribution >= 0.6 is 0 Å². The maximum atomic E-state index is 12.9. The third-order valence-electron chi connectivity index (χ3n) is 7.83. The summed E-state index contributed by atoms with van der Waals surface area (Å²) in [6.07, 6.45) is -0.0221. The number of imide groups is 1. The Morgan fingerprint density at radius 3 is 2.02 bits per heavy atom. The first-order chi connectivity index (χ1) is 24.2. The minimum Gasteiger partial charge on any atom is -0.356 e. The Balaban J connectivity index is 1.70. The number of rotatable bonds is 22. The molecule has 0 aliphatic carbocycles. The van der Waals surface area contributed by atoms with Crippen LogP contribution in [0.15, 0.2) is 30.3 Å². The molecule has 1 aromatic rings. The van der Waals surface area contributed by atoms with E-state index in [2.05, 4.69) is 31.9 Å². The number of benzene rings is 1. The Hall–Kier alpha value is -5.19. The number of hydrogen-bond acceptors (Lipinski definition) is 10. The van der Waals surface area contributed by atoms with Crippen molar-refractivity contribution in [1.82, 2.24) is 36.8 Å². The Kier molecular flexibility index (Phi) is 17.9. The Bertz CT molecular complexity index is 1420. The van der Waals surface area contributed by atoms with Crippen LogP contribution in [0.25, 0.3) is 0 Å². The molecule has 0 spiro atoms. The molecule has 17 heteroatoms. The van der Waals surface area contributed by atoms with E-state index in [1.807, 2.05) is 13.8 Å². The number of carbonyl (C=O) groups excluding carboxylic acids is 9. The number of ether oxygens (including phenoxy) is 1. The van der Waals surface area contributed by atoms with Gasteiger partial charge >= 0.3 is 0 Å². The third-order valence-corrected chi connectivity index (χ3v) is 7.83. The van der Waals surface area contributed by atoms with Crippen molar-refractivity contribution in [3.05, 3.63) is 35.9 Å². The van der Waals surface area contributed by atoms with Gasteiger partial charge in [-0.05, 0) is 11.5 Å². The Morgan fingerprint density at radius 1 is 0.765 bits per heavy atom. The number of likely N-dealkylation sites (tertiary alicyclic amines) is 1. The van der Waals surface area contributed by atoms with Gasteiger partial charge in [0.1, 0.15) is 19.4 Å². The summed E-state index contributed by atoms with van der Waals surface area (Å²) in [5.41, 5.74) is 0.727. The standard InChI is InChI=1S/C34H49N7O10/c1-21(2)24-15-32(48)41(34(24)50)13-11-28(44)35-12-10-27(43)36-16-29(45)37-18-31(47)40-25(14-23-8-6-5-7-9-23)33(49)38-17-30(46)39-20-51-19-26(42)22(3)4/h5-9,21-22,24-25H,10-20H2,1-4H3,(H,35,44)(H,36,43)(H,37,45)(H,38,49)(H,39,46)(H,40,47)/t24?,25-/m0/s1. The van der Waals surface area contributed by atoms with Crippen LogP contribution in [0, 0.1) is 17.8 Å². The summed E-state index contributed by atoms with van der Waals surface area (Å²) >= 11 is 0. The normalized spacial score (nSPS) is 14.5. The minimum atomic E-state index is -1.09. The second kappa shape index (κ2) is 21.8. The van der Waals surface area contributed by atoms with Crippen LogP contribution < -0.4 is 31.9 Å². The predicted molar refractivity (Wildman–Crippen MR) is 182 cm³/mol. The van der Waals surface area contributed by atoms with Gasteiger partial charge in [0.25, 0.3) is 0 Å². The van der Waals surface area contributed by atoms with Gasteiger partial charge in [-0.15, -0.1) is 0 Å². The van der Waals surface area contributed by atoms with E-state index < -0.39 is 61.1 Å². The predicted octanol–water partition coefficient (Wildman–Crippen LogP) is -1.69. The number of Topliss-reactive ketones (excluding diaryl/α,β-unsaturated/α-hetero) is 1. The molecule has 17 nitrogen and oxygen atoms in total. The van der Waals surface area contributed by atoms with E-state index in [4.69, 9.17) is 4.74 Å². The van der Waals surface area contributed by atoms with E-state index in [0.29, 0.717) is 0 Å². The second-order valence-corrected chi connectivity index (χ2v) is 12.6. The minimum absolute atomic E-state index is 0.0172. The zero-order chi connectivity index (χ0) is 37.9. The summed E-state index contributed by atoms with van der Waals surface area (Å²) in [5.74, 6) is -4.87. The van der Waals surface area contributed by atoms with E-state index in [1.54, 1.807) is 44.2 Å². The largest absolute Gasteiger partial charge is 0.356 e. The molecule has 0 radical (unpaired) electrons. The summed E-state index contributed by atoms with van der Waals surface area (Å²) in [5, 5.41) is 14.7. The number of ketones is 1. The summed E-state index contributed by atoms with van der Waals surface area (Å²) in [4.78, 5) is 111. The average molecular weight is 716 g/mol. The zero-order valence-corrected chi connectivity index (χ0v) is 29.5. The highest BCUT2D eigenvalue weighted by atomic mass is 16.5. The average Bonchev–Trinajstić information content (AvgIpc) is 3.38. The molecule has 6 N–H and O–H groups in total. The van der Waals surface area contributed by atoms with Gasteiger partial charge in [0.2, 0.25) is 47.3 Å². The first-order valence-electron chi connectivity index (χ1n) is 16.8. The topological polar surface area (TPSA) is 238 Å². The van der Waals surface area contributed by atoms with E-state index in [0.717, 1.165) is 10.5 Å². The van der Waals surface area contributed by atoms with Crippen LogP contribution in [0.1, 0.15) is 52.5 Å². The van der Waals surface area contributed by atoms with Crippen molar-refractivity contribution in [3.8, 4) is 0 Å². The first kappa shape index (κ1) is 42.0. The Morgan fingerprint density at radius 2 is 1.37 bits per heavy atom. The fourth-order valence-electron chi connectivity index (χ4n) is 4.70. The molecule has 1 aromatic carbocycles. The highest BCUT2D eigenvalue weighted by Crippen LogP contribution is 2.26. The van der Waals surface area contributed by atoms with E-state index >= 15 is 0 Å². The van der Waals surface area contributed by atoms with Crippen molar-refractivity contribution < 1.29 is 47.9 Å². The van der Waals surface area contributed by atoms with Crippen molar-refractivity contribution >= 4 is 53.0 Å². The monoisotopic (exact) mass is 715 g/mol. The molecule has 2 rings (SSSR count). The molecular weight excluding hydrogens is 666 g/mol. The van der Waals surface area contributed by atoms with E-state index in [-0.39, 0.29) is 87.5 Å². The Labute approximate surface area is 296 Å². The van der Waals surface area contributed by atoms with Crippen molar-refractivity contribution in [2.24, 2.45) is 17.8 Å². The SMILES string of the molecule is CC(C)C(=O)COCNC(=O)CNC(=O)[C@H](Cc1ccccc1)NC(=O)CNC(=O)CNC(=O)CCNC(=O)CCN1C(=O)CC(C(C)C)C1=O. The maximum absolute atomic E-state index is 12.9. The fraction of sp³-hybridized carbons (Fsp3) is 0.559. The van der Waals surface area contributed by atoms with Crippen LogP contribution in [0.2, 0.25) is 0 Å². The molecule has 8 amide bonds. The van der Waals surface area contributed by atoms with Crippen LogP contribution in [0.3, 0.4) is 0 Å². The lowest BCUT2D eigenvalue weighted by Crippen LogP contribution is -2.52. The lowest BCUT2D eigenvalue weighted by atomic mass is 9.94. The summed E-state index contributed by atoms with van der Waals surface area (Å²) in [7, 11) is 0. The molecule has 2 atom stereocenters. The number of amides is 8. The van der Waals surface area contributed by atoms with Gasteiger partial charge in [0.05, 0.1) is 19.6 Å². The third kappa shape index (κ3) is 15.9. The smallest absolute Gasteiger partial charge is 0.243 e. The zero-order valence-electron chi connectivity index (χ0n) is 29.5. The summed E-state index contributed by atoms with van der Waals surface area (Å²) < 4.78 is 5.11. The van der Waals surface area contributed by atoms with Crippen molar-refractivity contribution in [2.45, 2.75) is 59.4 Å². The van der Waals surface area contributed by atoms with Gasteiger partial charge in [-0.3, -0.25) is 48.1 Å². The molecule has 1 saturated heterocycles. The van der Waals surface area contributed by atoms with Crippen LogP contribution in [0.4, 0.5) is 0 Å². The van der Waals surface area contributed by atoms with Gasteiger partial charge in [-0.2, -0.15) is 0 Å². The fourth-order valence-corrected chi connectivity index (χ4v) is 4.70. The summed E-state index contributed by atoms with van der Waals surface area (Å²) in [6, 6.07) is 7.73. The van der Waals surface area contributed by atoms with Crippen molar-refractivity contribution in [2.75, 3.05) is 46.1 Å². The highest BCUT2D eigenvalue weighted by Gasteiger charge is 2.39. The van der Waals surface area contributed by atoms with Crippen molar-refractivity contribution in [3.63, 3.8) is 0 Å². The number of nitrogens with zero attached hydrogens (tertiary/aromatic N) is 1. The number of nitrogens with one attached hydrogen (secondary N) is 6. The quantitative estimate of drug-likeness (QED) is 0.0452. The van der Waals surface area contributed by atoms with E-state index in [9.17, 15) is 43.2 Å². The van der Waals surface area contributed by atoms with Gasteiger partial charge in [-0.1, -0.05) is 58.0 Å². The van der Waals surface area contributed by atoms with Crippen LogP contribution in [0.5, 0.6) is 0 Å². The molecule has 51 heavy (non-hydrogen) atoms. The lowest BCUT2D eigenvalue weighted by molar-refractivity contribution is -0.140. The van der Waals surface area contributed by atoms with Crippen LogP contribution in [-0.2, 0) is 54.3 Å².